The van der Waals surface area contributed by atoms with Crippen LogP contribution in [0, 0.1) is 5.92 Å². The normalized spacial score (nSPS) is 22.4. The molecule has 3 rings (SSSR count). The number of nitrogens with zero attached hydrogens (tertiary/aromatic N) is 1. The maximum Gasteiger partial charge on any atom is 0.417 e. The monoisotopic (exact) mass is 368 g/mol. The van der Waals surface area contributed by atoms with Crippen LogP contribution in [0.3, 0.4) is 0 Å². The van der Waals surface area contributed by atoms with E-state index in [9.17, 15) is 23.1 Å². The Morgan fingerprint density at radius 2 is 1.92 bits per heavy atom. The lowest BCUT2D eigenvalue weighted by atomic mass is 9.97. The first kappa shape index (κ1) is 18.8. The third-order valence-corrected chi connectivity index (χ3v) is 5.22. The number of halogens is 3. The quantitative estimate of drug-likeness (QED) is 0.863. The van der Waals surface area contributed by atoms with Gasteiger partial charge in [0.25, 0.3) is 0 Å². The molecule has 1 aliphatic rings. The number of hydrogen-bond acceptors (Lipinski definition) is 3. The Kier molecular flexibility index (Phi) is 4.77. The number of alkyl halides is 3. The van der Waals surface area contributed by atoms with E-state index in [0.717, 1.165) is 12.8 Å². The van der Waals surface area contributed by atoms with Crippen LogP contribution in [0.5, 0.6) is 0 Å². The Morgan fingerprint density at radius 3 is 2.54 bits per heavy atom. The molecule has 0 unspecified atom stereocenters. The van der Waals surface area contributed by atoms with Gasteiger partial charge in [0.05, 0.1) is 17.7 Å². The second-order valence-corrected chi connectivity index (χ2v) is 7.41. The summed E-state index contributed by atoms with van der Waals surface area (Å²) in [5.41, 5.74) is -0.933. The predicted molar refractivity (Wildman–Crippen MR) is 95.4 cm³/mol. The van der Waals surface area contributed by atoms with Crippen molar-refractivity contribution in [1.82, 2.24) is 4.98 Å². The molecule has 0 bridgehead atoms. The molecular weight excluding hydrogens is 345 g/mol. The Bertz CT molecular complexity index is 860. The number of benzene rings is 1. The minimum atomic E-state index is -4.61. The van der Waals surface area contributed by atoms with E-state index in [2.05, 4.69) is 4.98 Å². The fourth-order valence-corrected chi connectivity index (χ4v) is 3.88. The number of aromatic nitrogens is 1. The molecule has 1 aromatic carbocycles. The SMILES string of the molecule is CC(C)[C@@H](O)[C@H]1CC[C@@H](C)N1c1ccc2[nH]c(=O)cc(C(F)(F)F)c2c1. The number of aliphatic hydroxyl groups excluding tert-OH is 1. The molecule has 2 N–H and O–H groups in total. The van der Waals surface area contributed by atoms with Gasteiger partial charge >= 0.3 is 6.18 Å². The van der Waals surface area contributed by atoms with Crippen LogP contribution in [-0.2, 0) is 6.18 Å². The third kappa shape index (κ3) is 3.32. The van der Waals surface area contributed by atoms with Crippen LogP contribution in [0.1, 0.15) is 39.2 Å². The fraction of sp³-hybridized carbons (Fsp3) is 0.526. The summed E-state index contributed by atoms with van der Waals surface area (Å²) in [7, 11) is 0. The van der Waals surface area contributed by atoms with Crippen molar-refractivity contribution in [1.29, 1.82) is 0 Å². The predicted octanol–water partition coefficient (Wildman–Crippen LogP) is 3.92. The number of fused-ring (bicyclic) bond motifs is 1. The van der Waals surface area contributed by atoms with Crippen molar-refractivity contribution in [3.05, 3.63) is 40.2 Å². The minimum absolute atomic E-state index is 0.0357. The molecule has 0 aliphatic carbocycles. The van der Waals surface area contributed by atoms with E-state index in [1.807, 2.05) is 25.7 Å². The first-order valence-corrected chi connectivity index (χ1v) is 8.80. The van der Waals surface area contributed by atoms with Gasteiger partial charge in [0.1, 0.15) is 0 Å². The smallest absolute Gasteiger partial charge is 0.391 e. The molecule has 7 heteroatoms. The zero-order valence-electron chi connectivity index (χ0n) is 15.0. The average Bonchev–Trinajstić information content (AvgIpc) is 2.93. The van der Waals surface area contributed by atoms with Crippen molar-refractivity contribution >= 4 is 16.6 Å². The molecule has 142 valence electrons. The topological polar surface area (TPSA) is 56.3 Å². The largest absolute Gasteiger partial charge is 0.417 e. The molecule has 1 aliphatic heterocycles. The van der Waals surface area contributed by atoms with Crippen molar-refractivity contribution in [2.45, 2.75) is 58.0 Å². The van der Waals surface area contributed by atoms with Crippen molar-refractivity contribution in [2.24, 2.45) is 5.92 Å². The van der Waals surface area contributed by atoms with E-state index in [4.69, 9.17) is 0 Å². The summed E-state index contributed by atoms with van der Waals surface area (Å²) in [5, 5.41) is 10.5. The highest BCUT2D eigenvalue weighted by molar-refractivity contribution is 5.86. The molecule has 2 heterocycles. The second kappa shape index (κ2) is 6.61. The lowest BCUT2D eigenvalue weighted by Gasteiger charge is -2.35. The molecule has 1 saturated heterocycles. The number of aromatic amines is 1. The van der Waals surface area contributed by atoms with Crippen LogP contribution >= 0.6 is 0 Å². The van der Waals surface area contributed by atoms with Gasteiger partial charge in [-0.3, -0.25) is 4.79 Å². The zero-order chi connectivity index (χ0) is 19.2. The van der Waals surface area contributed by atoms with E-state index >= 15 is 0 Å². The Hall–Kier alpha value is -2.02. The highest BCUT2D eigenvalue weighted by Gasteiger charge is 2.38. The number of nitrogens with one attached hydrogen (secondary N) is 1. The number of rotatable bonds is 3. The zero-order valence-corrected chi connectivity index (χ0v) is 15.0. The van der Waals surface area contributed by atoms with Gasteiger partial charge in [-0.1, -0.05) is 13.8 Å². The molecule has 1 aromatic heterocycles. The standard InChI is InChI=1S/C19H23F3N2O2/c1-10(2)18(26)16-7-4-11(3)24(16)12-5-6-15-13(8-12)14(19(20,21)22)9-17(25)23-15/h5-6,8-11,16,18,26H,4,7H2,1-3H3,(H,23,25)/t11-,16-,18-/m1/s1. The van der Waals surface area contributed by atoms with Gasteiger partial charge in [0.2, 0.25) is 5.56 Å². The summed E-state index contributed by atoms with van der Waals surface area (Å²) in [5.74, 6) is 0.0512. The maximum atomic E-state index is 13.4. The lowest BCUT2D eigenvalue weighted by molar-refractivity contribution is -0.136. The summed E-state index contributed by atoms with van der Waals surface area (Å²) in [4.78, 5) is 16.0. The molecule has 0 spiro atoms. The van der Waals surface area contributed by atoms with Crippen LogP contribution in [0.2, 0.25) is 0 Å². The lowest BCUT2D eigenvalue weighted by Crippen LogP contribution is -2.44. The third-order valence-electron chi connectivity index (χ3n) is 5.22. The van der Waals surface area contributed by atoms with Crippen LogP contribution in [-0.4, -0.2) is 28.3 Å². The molecular formula is C19H23F3N2O2. The van der Waals surface area contributed by atoms with Gasteiger partial charge in [-0.25, -0.2) is 0 Å². The minimum Gasteiger partial charge on any atom is -0.391 e. The van der Waals surface area contributed by atoms with E-state index in [1.165, 1.54) is 12.1 Å². The average molecular weight is 368 g/mol. The van der Waals surface area contributed by atoms with Crippen molar-refractivity contribution in [2.75, 3.05) is 4.90 Å². The van der Waals surface area contributed by atoms with Crippen LogP contribution in [0.15, 0.2) is 29.1 Å². The summed E-state index contributed by atoms with van der Waals surface area (Å²) < 4.78 is 40.2. The first-order chi connectivity index (χ1) is 12.1. The highest BCUT2D eigenvalue weighted by Crippen LogP contribution is 2.38. The number of aliphatic hydroxyl groups is 1. The fourth-order valence-electron chi connectivity index (χ4n) is 3.88. The number of pyridine rings is 1. The van der Waals surface area contributed by atoms with E-state index in [0.29, 0.717) is 11.8 Å². The number of hydrogen-bond donors (Lipinski definition) is 2. The van der Waals surface area contributed by atoms with Gasteiger partial charge in [0, 0.05) is 28.7 Å². The van der Waals surface area contributed by atoms with Gasteiger partial charge < -0.3 is 15.0 Å². The van der Waals surface area contributed by atoms with Gasteiger partial charge in [0.15, 0.2) is 0 Å². The molecule has 26 heavy (non-hydrogen) atoms. The van der Waals surface area contributed by atoms with Crippen molar-refractivity contribution in [3.63, 3.8) is 0 Å². The van der Waals surface area contributed by atoms with Crippen LogP contribution < -0.4 is 10.5 Å². The van der Waals surface area contributed by atoms with E-state index < -0.39 is 23.4 Å². The summed E-state index contributed by atoms with van der Waals surface area (Å²) >= 11 is 0. The number of H-pyrrole nitrogens is 1. The molecule has 1 fully saturated rings. The molecule has 2 aromatic rings. The van der Waals surface area contributed by atoms with Gasteiger partial charge in [-0.05, 0) is 43.9 Å². The van der Waals surface area contributed by atoms with Crippen LogP contribution in [0.25, 0.3) is 10.9 Å². The summed E-state index contributed by atoms with van der Waals surface area (Å²) in [6, 6.07) is 5.25. The summed E-state index contributed by atoms with van der Waals surface area (Å²) in [6.07, 6.45) is -3.52. The van der Waals surface area contributed by atoms with Crippen molar-refractivity contribution in [3.8, 4) is 0 Å². The molecule has 0 amide bonds. The molecule has 3 atom stereocenters. The van der Waals surface area contributed by atoms with Gasteiger partial charge in [-0.15, -0.1) is 0 Å². The van der Waals surface area contributed by atoms with Crippen molar-refractivity contribution < 1.29 is 18.3 Å². The highest BCUT2D eigenvalue weighted by atomic mass is 19.4. The van der Waals surface area contributed by atoms with Gasteiger partial charge in [-0.2, -0.15) is 13.2 Å². The van der Waals surface area contributed by atoms with E-state index in [-0.39, 0.29) is 28.9 Å². The molecule has 0 radical (unpaired) electrons. The molecule has 0 saturated carbocycles. The molecule has 4 nitrogen and oxygen atoms in total. The Morgan fingerprint density at radius 1 is 1.23 bits per heavy atom. The Labute approximate surface area is 149 Å². The summed E-state index contributed by atoms with van der Waals surface area (Å²) in [6.45, 7) is 5.87. The maximum absolute atomic E-state index is 13.4. The second-order valence-electron chi connectivity index (χ2n) is 7.41. The van der Waals surface area contributed by atoms with E-state index in [1.54, 1.807) is 6.07 Å². The first-order valence-electron chi connectivity index (χ1n) is 8.80. The van der Waals surface area contributed by atoms with Crippen LogP contribution in [0.4, 0.5) is 18.9 Å². The number of anilines is 1. The Balaban J connectivity index is 2.13.